The Bertz CT molecular complexity index is 1810. The third-order valence-corrected chi connectivity index (χ3v) is 13.2. The maximum atomic E-state index is 2.61. The van der Waals surface area contributed by atoms with Gasteiger partial charge in [0, 0.05) is 22.4 Å². The first kappa shape index (κ1) is 29.1. The van der Waals surface area contributed by atoms with Crippen LogP contribution in [0, 0.1) is 41.4 Å². The molecule has 0 N–H and O–H groups in total. The minimum Gasteiger partial charge on any atom is -0.310 e. The van der Waals surface area contributed by atoms with Crippen LogP contribution in [0.15, 0.2) is 140 Å². The van der Waals surface area contributed by atoms with Gasteiger partial charge in [0.2, 0.25) is 0 Å². The SMILES string of the molecule is CC1CC2CC3C1CC1CCCC(C3C1)C2(c1ccccc1)c1ccc(N(c2ccccc2)c2ccccc2-c2ccccc2)cc1. The maximum Gasteiger partial charge on any atom is 0.0540 e. The zero-order valence-corrected chi connectivity index (χ0v) is 27.7. The fourth-order valence-corrected chi connectivity index (χ4v) is 11.6. The molecule has 8 unspecified atom stereocenters. The van der Waals surface area contributed by atoms with Crippen molar-refractivity contribution in [2.24, 2.45) is 41.4 Å². The second-order valence-corrected chi connectivity index (χ2v) is 15.3. The topological polar surface area (TPSA) is 3.24 Å². The van der Waals surface area contributed by atoms with E-state index in [1.807, 2.05) is 0 Å². The van der Waals surface area contributed by atoms with Crippen LogP contribution in [0.1, 0.15) is 63.0 Å². The third kappa shape index (κ3) is 4.72. The monoisotopic (exact) mass is 613 g/mol. The molecule has 0 saturated heterocycles. The number of hydrogen-bond acceptors (Lipinski definition) is 1. The number of benzene rings is 5. The fraction of sp³-hybridized carbons (Fsp3) is 0.348. The molecular weight excluding hydrogens is 567 g/mol. The Morgan fingerprint density at radius 3 is 1.91 bits per heavy atom. The van der Waals surface area contributed by atoms with E-state index in [1.54, 1.807) is 11.1 Å². The minimum atomic E-state index is 0.0753. The molecule has 0 radical (unpaired) electrons. The van der Waals surface area contributed by atoms with Gasteiger partial charge in [0.15, 0.2) is 0 Å². The zero-order valence-electron chi connectivity index (χ0n) is 27.7. The Balaban J connectivity index is 1.20. The van der Waals surface area contributed by atoms with E-state index >= 15 is 0 Å². The van der Waals surface area contributed by atoms with Crippen LogP contribution in [0.2, 0.25) is 0 Å². The molecule has 0 amide bonds. The van der Waals surface area contributed by atoms with Crippen LogP contribution in [-0.2, 0) is 5.41 Å². The summed E-state index contributed by atoms with van der Waals surface area (Å²) in [6.45, 7) is 2.61. The van der Waals surface area contributed by atoms with Gasteiger partial charge in [-0.15, -0.1) is 0 Å². The first-order chi connectivity index (χ1) is 23.2. The van der Waals surface area contributed by atoms with E-state index in [4.69, 9.17) is 0 Å². The van der Waals surface area contributed by atoms with Crippen LogP contribution < -0.4 is 4.90 Å². The van der Waals surface area contributed by atoms with Gasteiger partial charge in [-0.05, 0) is 121 Å². The molecule has 0 spiro atoms. The fourth-order valence-electron chi connectivity index (χ4n) is 11.6. The molecule has 0 aromatic heterocycles. The Hall–Kier alpha value is -4.10. The summed E-state index contributed by atoms with van der Waals surface area (Å²) < 4.78 is 0. The Kier molecular flexibility index (Phi) is 7.33. The average Bonchev–Trinajstić information content (AvgIpc) is 3.33. The first-order valence-electron chi connectivity index (χ1n) is 18.4. The summed E-state index contributed by atoms with van der Waals surface area (Å²) in [6, 6.07) is 52.4. The van der Waals surface area contributed by atoms with Gasteiger partial charge in [-0.2, -0.15) is 0 Å². The molecule has 4 bridgehead atoms. The molecule has 0 aliphatic heterocycles. The van der Waals surface area contributed by atoms with Crippen molar-refractivity contribution < 1.29 is 0 Å². The van der Waals surface area contributed by atoms with Crippen molar-refractivity contribution in [2.45, 2.75) is 57.3 Å². The largest absolute Gasteiger partial charge is 0.310 e. The number of rotatable bonds is 6. The smallest absolute Gasteiger partial charge is 0.0540 e. The van der Waals surface area contributed by atoms with E-state index < -0.39 is 0 Å². The van der Waals surface area contributed by atoms with Gasteiger partial charge >= 0.3 is 0 Å². The molecular formula is C46H47N. The molecule has 5 aromatic rings. The lowest BCUT2D eigenvalue weighted by Crippen LogP contribution is -2.58. The van der Waals surface area contributed by atoms with Crippen molar-refractivity contribution in [1.29, 1.82) is 0 Å². The molecule has 4 saturated carbocycles. The predicted octanol–water partition coefficient (Wildman–Crippen LogP) is 12.2. The van der Waals surface area contributed by atoms with Gasteiger partial charge in [0.25, 0.3) is 0 Å². The van der Waals surface area contributed by atoms with Crippen LogP contribution in [0.25, 0.3) is 11.1 Å². The first-order valence-corrected chi connectivity index (χ1v) is 18.4. The van der Waals surface area contributed by atoms with Crippen LogP contribution in [0.3, 0.4) is 0 Å². The summed E-state index contributed by atoms with van der Waals surface area (Å²) in [7, 11) is 0. The lowest BCUT2D eigenvalue weighted by molar-refractivity contribution is -0.0918. The number of para-hydroxylation sites is 2. The summed E-state index contributed by atoms with van der Waals surface area (Å²) in [6.07, 6.45) is 9.99. The molecule has 47 heavy (non-hydrogen) atoms. The van der Waals surface area contributed by atoms with Crippen LogP contribution in [0.5, 0.6) is 0 Å². The molecule has 236 valence electrons. The van der Waals surface area contributed by atoms with Gasteiger partial charge in [-0.3, -0.25) is 0 Å². The Morgan fingerprint density at radius 2 is 1.15 bits per heavy atom. The average molecular weight is 614 g/mol. The van der Waals surface area contributed by atoms with Gasteiger partial charge < -0.3 is 4.90 Å². The van der Waals surface area contributed by atoms with E-state index in [1.165, 1.54) is 73.1 Å². The normalized spacial score (nSPS) is 30.8. The second kappa shape index (κ2) is 11.9. The maximum absolute atomic E-state index is 2.61. The van der Waals surface area contributed by atoms with Crippen molar-refractivity contribution in [1.82, 2.24) is 0 Å². The molecule has 4 aliphatic rings. The summed E-state index contributed by atoms with van der Waals surface area (Å²) in [5.41, 5.74) is 9.30. The van der Waals surface area contributed by atoms with E-state index in [0.29, 0.717) is 5.92 Å². The van der Waals surface area contributed by atoms with Crippen molar-refractivity contribution in [3.8, 4) is 11.1 Å². The van der Waals surface area contributed by atoms with Crippen molar-refractivity contribution >= 4 is 17.1 Å². The Morgan fingerprint density at radius 1 is 0.532 bits per heavy atom. The highest BCUT2D eigenvalue weighted by molar-refractivity contribution is 5.88. The highest BCUT2D eigenvalue weighted by atomic mass is 15.1. The van der Waals surface area contributed by atoms with Gasteiger partial charge in [-0.25, -0.2) is 0 Å². The quantitative estimate of drug-likeness (QED) is 0.184. The van der Waals surface area contributed by atoms with Crippen LogP contribution >= 0.6 is 0 Å². The van der Waals surface area contributed by atoms with E-state index in [-0.39, 0.29) is 5.41 Å². The van der Waals surface area contributed by atoms with Gasteiger partial charge in [0.05, 0.1) is 5.69 Å². The lowest BCUT2D eigenvalue weighted by atomic mass is 9.40. The third-order valence-electron chi connectivity index (χ3n) is 13.2. The van der Waals surface area contributed by atoms with E-state index in [9.17, 15) is 0 Å². The number of anilines is 3. The number of fused-ring (bicyclic) bond motifs is 2. The van der Waals surface area contributed by atoms with Crippen molar-refractivity contribution in [3.05, 3.63) is 151 Å². The lowest BCUT2D eigenvalue weighted by Gasteiger charge is -2.63. The molecule has 8 atom stereocenters. The molecule has 4 aliphatic carbocycles. The van der Waals surface area contributed by atoms with Crippen molar-refractivity contribution in [3.63, 3.8) is 0 Å². The highest BCUT2D eigenvalue weighted by Crippen LogP contribution is 2.68. The number of nitrogens with zero attached hydrogens (tertiary/aromatic N) is 1. The molecule has 9 rings (SSSR count). The second-order valence-electron chi connectivity index (χ2n) is 15.3. The van der Waals surface area contributed by atoms with E-state index in [0.717, 1.165) is 35.5 Å². The van der Waals surface area contributed by atoms with E-state index in [2.05, 4.69) is 151 Å². The molecule has 0 heterocycles. The highest BCUT2D eigenvalue weighted by Gasteiger charge is 2.62. The standard InChI is InChI=1S/C46H47N/c1-32-28-37-31-42-41(32)29-33-14-13-22-44(43(42)30-33)46(37,35-17-7-3-8-18-35)36-24-26-39(27-25-36)47(38-19-9-4-10-20-38)45-23-12-11-21-40(45)34-15-5-2-6-16-34/h2-12,15-21,23-27,32-33,37,41-44H,13-14,22,28-31H2,1H3. The summed E-state index contributed by atoms with van der Waals surface area (Å²) in [4.78, 5) is 2.46. The molecule has 1 nitrogen and oxygen atoms in total. The van der Waals surface area contributed by atoms with Crippen LogP contribution in [0.4, 0.5) is 17.1 Å². The minimum absolute atomic E-state index is 0.0753. The number of hydrogen-bond donors (Lipinski definition) is 0. The van der Waals surface area contributed by atoms with Gasteiger partial charge in [0.1, 0.15) is 0 Å². The summed E-state index contributed by atoms with van der Waals surface area (Å²) in [5, 5.41) is 0. The molecule has 5 aromatic carbocycles. The molecule has 4 fully saturated rings. The van der Waals surface area contributed by atoms with Gasteiger partial charge in [-0.1, -0.05) is 129 Å². The summed E-state index contributed by atoms with van der Waals surface area (Å²) >= 11 is 0. The van der Waals surface area contributed by atoms with Crippen LogP contribution in [-0.4, -0.2) is 0 Å². The molecule has 1 heteroatoms. The predicted molar refractivity (Wildman–Crippen MR) is 196 cm³/mol. The zero-order chi connectivity index (χ0) is 31.4. The Labute approximate surface area is 281 Å². The summed E-state index contributed by atoms with van der Waals surface area (Å²) in [5.74, 6) is 5.95. The van der Waals surface area contributed by atoms with Crippen molar-refractivity contribution in [2.75, 3.05) is 4.90 Å².